The molecule has 0 aromatic carbocycles. The van der Waals surface area contributed by atoms with Crippen molar-refractivity contribution in [3.8, 4) is 0 Å². The Morgan fingerprint density at radius 3 is 2.90 bits per heavy atom. The van der Waals surface area contributed by atoms with Crippen molar-refractivity contribution in [1.29, 1.82) is 0 Å². The minimum absolute atomic E-state index is 0.165. The molecule has 2 heterocycles. The van der Waals surface area contributed by atoms with Gasteiger partial charge in [0.15, 0.2) is 17.0 Å². The number of rotatable bonds is 4. The van der Waals surface area contributed by atoms with E-state index >= 15 is 0 Å². The molecule has 114 valence electrons. The van der Waals surface area contributed by atoms with E-state index in [1.807, 2.05) is 6.92 Å². The van der Waals surface area contributed by atoms with E-state index in [2.05, 4.69) is 34.1 Å². The van der Waals surface area contributed by atoms with Gasteiger partial charge in [0.05, 0.1) is 6.10 Å². The van der Waals surface area contributed by atoms with Gasteiger partial charge in [-0.05, 0) is 37.0 Å². The van der Waals surface area contributed by atoms with Crippen molar-refractivity contribution in [2.75, 3.05) is 5.73 Å². The number of nitrogens with zero attached hydrogens (tertiary/aromatic N) is 5. The molecule has 3 N–H and O–H groups in total. The molecule has 3 rings (SSSR count). The summed E-state index contributed by atoms with van der Waals surface area (Å²) in [6.45, 7) is 7.11. The van der Waals surface area contributed by atoms with Crippen LogP contribution < -0.4 is 5.73 Å². The topological polar surface area (TPSA) is 103 Å². The van der Waals surface area contributed by atoms with E-state index in [-0.39, 0.29) is 11.5 Å². The van der Waals surface area contributed by atoms with Gasteiger partial charge in [0, 0.05) is 6.54 Å². The number of aliphatic hydroxyl groups excluding tert-OH is 1. The summed E-state index contributed by atoms with van der Waals surface area (Å²) < 4.78 is 1.79. The van der Waals surface area contributed by atoms with Crippen LogP contribution in [0.5, 0.6) is 0 Å². The smallest absolute Gasteiger partial charge is 0.183 e. The molecule has 2 aromatic heterocycles. The Hall–Kier alpha value is -1.76. The van der Waals surface area contributed by atoms with Crippen LogP contribution in [0.1, 0.15) is 33.6 Å². The second-order valence-electron chi connectivity index (χ2n) is 6.63. The third-order valence-electron chi connectivity index (χ3n) is 5.15. The molecule has 21 heavy (non-hydrogen) atoms. The predicted molar refractivity (Wildman–Crippen MR) is 79.2 cm³/mol. The zero-order chi connectivity index (χ0) is 15.2. The molecule has 7 heteroatoms. The van der Waals surface area contributed by atoms with E-state index in [4.69, 9.17) is 5.73 Å². The van der Waals surface area contributed by atoms with Crippen LogP contribution in [0.3, 0.4) is 0 Å². The molecule has 7 nitrogen and oxygen atoms in total. The van der Waals surface area contributed by atoms with Crippen molar-refractivity contribution in [1.82, 2.24) is 25.0 Å². The molecule has 0 amide bonds. The van der Waals surface area contributed by atoms with Gasteiger partial charge in [-0.15, -0.1) is 5.10 Å². The van der Waals surface area contributed by atoms with Crippen molar-refractivity contribution in [3.05, 3.63) is 6.33 Å². The predicted octanol–water partition coefficient (Wildman–Crippen LogP) is 1.24. The number of aliphatic hydroxyl groups is 1. The van der Waals surface area contributed by atoms with Crippen molar-refractivity contribution < 1.29 is 5.11 Å². The summed E-state index contributed by atoms with van der Waals surface area (Å²) in [7, 11) is 0. The van der Waals surface area contributed by atoms with Crippen LogP contribution in [0, 0.1) is 17.3 Å². The van der Waals surface area contributed by atoms with Crippen molar-refractivity contribution >= 4 is 17.0 Å². The number of aromatic nitrogens is 5. The van der Waals surface area contributed by atoms with Gasteiger partial charge in [-0.3, -0.25) is 0 Å². The van der Waals surface area contributed by atoms with Crippen LogP contribution >= 0.6 is 0 Å². The zero-order valence-electron chi connectivity index (χ0n) is 12.7. The number of aryl methyl sites for hydroxylation is 1. The Balaban J connectivity index is 1.70. The maximum atomic E-state index is 9.79. The quantitative estimate of drug-likeness (QED) is 0.878. The van der Waals surface area contributed by atoms with Crippen LogP contribution in [0.4, 0.5) is 5.82 Å². The van der Waals surface area contributed by atoms with Gasteiger partial charge in [0.2, 0.25) is 0 Å². The maximum Gasteiger partial charge on any atom is 0.183 e. The van der Waals surface area contributed by atoms with Crippen LogP contribution in [-0.4, -0.2) is 36.2 Å². The lowest BCUT2D eigenvalue weighted by atomic mass is 9.52. The number of anilines is 1. The number of fused-ring (bicyclic) bond motifs is 1. The third-order valence-corrected chi connectivity index (χ3v) is 5.15. The normalized spacial score (nSPS) is 25.7. The summed E-state index contributed by atoms with van der Waals surface area (Å²) >= 11 is 0. The van der Waals surface area contributed by atoms with Crippen molar-refractivity contribution in [3.63, 3.8) is 0 Å². The van der Waals surface area contributed by atoms with Gasteiger partial charge in [0.25, 0.3) is 0 Å². The minimum Gasteiger partial charge on any atom is -0.393 e. The van der Waals surface area contributed by atoms with Gasteiger partial charge in [-0.2, -0.15) is 0 Å². The molecule has 1 saturated carbocycles. The monoisotopic (exact) mass is 290 g/mol. The van der Waals surface area contributed by atoms with Gasteiger partial charge < -0.3 is 10.8 Å². The van der Waals surface area contributed by atoms with Gasteiger partial charge in [-0.25, -0.2) is 14.6 Å². The Morgan fingerprint density at radius 1 is 1.48 bits per heavy atom. The summed E-state index contributed by atoms with van der Waals surface area (Å²) in [6.07, 6.45) is 3.26. The number of nitrogen functional groups attached to an aromatic ring is 1. The first-order valence-corrected chi connectivity index (χ1v) is 7.39. The van der Waals surface area contributed by atoms with E-state index < -0.39 is 0 Å². The fourth-order valence-electron chi connectivity index (χ4n) is 3.60. The molecule has 2 unspecified atom stereocenters. The molecule has 3 atom stereocenters. The lowest BCUT2D eigenvalue weighted by Gasteiger charge is -2.54. The Labute approximate surface area is 123 Å². The lowest BCUT2D eigenvalue weighted by molar-refractivity contribution is -0.0920. The van der Waals surface area contributed by atoms with E-state index in [1.54, 1.807) is 4.68 Å². The van der Waals surface area contributed by atoms with Gasteiger partial charge in [-0.1, -0.05) is 19.1 Å². The fourth-order valence-corrected chi connectivity index (χ4v) is 3.60. The fraction of sp³-hybridized carbons (Fsp3) is 0.714. The van der Waals surface area contributed by atoms with Gasteiger partial charge >= 0.3 is 0 Å². The average Bonchev–Trinajstić information content (AvgIpc) is 2.82. The summed E-state index contributed by atoms with van der Waals surface area (Å²) in [5, 5.41) is 18.0. The Morgan fingerprint density at radius 2 is 2.24 bits per heavy atom. The van der Waals surface area contributed by atoms with E-state index in [0.29, 0.717) is 28.8 Å². The van der Waals surface area contributed by atoms with Crippen LogP contribution in [-0.2, 0) is 6.54 Å². The molecule has 1 aliphatic carbocycles. The van der Waals surface area contributed by atoms with Crippen molar-refractivity contribution in [2.45, 2.75) is 46.3 Å². The first-order valence-electron chi connectivity index (χ1n) is 7.39. The summed E-state index contributed by atoms with van der Waals surface area (Å²) in [5.74, 6) is 1.33. The van der Waals surface area contributed by atoms with E-state index in [9.17, 15) is 5.11 Å². The lowest BCUT2D eigenvalue weighted by Crippen LogP contribution is -2.49. The molecule has 0 aliphatic heterocycles. The average molecular weight is 290 g/mol. The SMILES string of the molecule is C[C@H](O)C1CC(CCn2nnc3c(N)ncnc32)C1(C)C. The van der Waals surface area contributed by atoms with Crippen LogP contribution in [0.25, 0.3) is 11.2 Å². The van der Waals surface area contributed by atoms with E-state index in [1.165, 1.54) is 6.33 Å². The second kappa shape index (κ2) is 4.91. The summed E-state index contributed by atoms with van der Waals surface area (Å²) in [6, 6.07) is 0. The number of nitrogens with two attached hydrogens (primary N) is 1. The number of hydrogen-bond acceptors (Lipinski definition) is 6. The standard InChI is InChI=1S/C14H22N6O/c1-8(21)10-6-9(14(10,2)3)4-5-20-13-11(18-19-20)12(15)16-7-17-13/h7-10,21H,4-6H2,1-3H3,(H2,15,16,17)/t8-,9?,10?/m0/s1. The van der Waals surface area contributed by atoms with Gasteiger partial charge in [0.1, 0.15) is 6.33 Å². The molecule has 0 bridgehead atoms. The second-order valence-corrected chi connectivity index (χ2v) is 6.63. The van der Waals surface area contributed by atoms with Crippen molar-refractivity contribution in [2.24, 2.45) is 17.3 Å². The summed E-state index contributed by atoms with van der Waals surface area (Å²) in [5.41, 5.74) is 7.18. The zero-order valence-corrected chi connectivity index (χ0v) is 12.7. The molecular formula is C14H22N6O. The minimum atomic E-state index is -0.240. The maximum absolute atomic E-state index is 9.79. The largest absolute Gasteiger partial charge is 0.393 e. The van der Waals surface area contributed by atoms with Crippen LogP contribution in [0.2, 0.25) is 0 Å². The molecule has 2 aromatic rings. The highest BCUT2D eigenvalue weighted by atomic mass is 16.3. The first kappa shape index (κ1) is 14.2. The highest BCUT2D eigenvalue weighted by molar-refractivity contribution is 5.80. The van der Waals surface area contributed by atoms with Crippen LogP contribution in [0.15, 0.2) is 6.33 Å². The third kappa shape index (κ3) is 2.25. The molecule has 0 saturated heterocycles. The molecular weight excluding hydrogens is 268 g/mol. The first-order chi connectivity index (χ1) is 9.91. The Kier molecular flexibility index (Phi) is 3.32. The summed E-state index contributed by atoms with van der Waals surface area (Å²) in [4.78, 5) is 8.13. The number of hydrogen-bond donors (Lipinski definition) is 2. The molecule has 1 aliphatic rings. The molecule has 0 radical (unpaired) electrons. The molecule has 0 spiro atoms. The van der Waals surface area contributed by atoms with E-state index in [0.717, 1.165) is 19.4 Å². The highest BCUT2D eigenvalue weighted by Crippen LogP contribution is 2.54. The molecule has 1 fully saturated rings. The Bertz CT molecular complexity index is 650. The highest BCUT2D eigenvalue weighted by Gasteiger charge is 2.49.